The summed E-state index contributed by atoms with van der Waals surface area (Å²) in [5.41, 5.74) is 7.27. The van der Waals surface area contributed by atoms with Crippen LogP contribution in [0.4, 0.5) is 10.1 Å². The molecule has 6 aromatic rings. The van der Waals surface area contributed by atoms with Crippen molar-refractivity contribution in [3.05, 3.63) is 73.1 Å². The number of amides is 1. The van der Waals surface area contributed by atoms with Crippen LogP contribution >= 0.6 is 0 Å². The number of carbonyl (C=O) groups is 1. The van der Waals surface area contributed by atoms with Crippen LogP contribution in [-0.4, -0.2) is 67.2 Å². The number of ether oxygens (including phenoxy) is 1. The van der Waals surface area contributed by atoms with Gasteiger partial charge >= 0.3 is 0 Å². The predicted molar refractivity (Wildman–Crippen MR) is 179 cm³/mol. The summed E-state index contributed by atoms with van der Waals surface area (Å²) in [4.78, 5) is 32.3. The van der Waals surface area contributed by atoms with Crippen LogP contribution in [0.3, 0.4) is 0 Å². The van der Waals surface area contributed by atoms with Gasteiger partial charge in [0.25, 0.3) is 0 Å². The molecule has 2 aliphatic rings. The molecule has 0 unspecified atom stereocenters. The van der Waals surface area contributed by atoms with Crippen LogP contribution in [0.25, 0.3) is 55.7 Å². The second-order valence-electron chi connectivity index (χ2n) is 12.5. The zero-order valence-corrected chi connectivity index (χ0v) is 25.9. The molecular formula is C36H35FN8O2. The number of hydrogen-bond acceptors (Lipinski definition) is 7. The molecule has 2 fully saturated rings. The standard InChI is InChI=1S/C36H35FN8O2/c37-25-13-23(15-27(16-25)47-12-11-45-9-3-4-10-45)29-20-39-21-33-28(29)17-32(41-33)35-34-31(43-44-35)8-7-30(42-34)24-14-26(19-38-18-24)40-36(46)22-5-1-2-6-22/h7-8,13-22,41H,1-6,9-12H2,(H,40,46)(H,43,44). The van der Waals surface area contributed by atoms with Crippen LogP contribution in [0.1, 0.15) is 38.5 Å². The number of aromatic nitrogens is 6. The third kappa shape index (κ3) is 6.06. The number of nitrogens with zero attached hydrogens (tertiary/aromatic N) is 5. The monoisotopic (exact) mass is 630 g/mol. The zero-order valence-electron chi connectivity index (χ0n) is 25.9. The Morgan fingerprint density at radius 3 is 2.66 bits per heavy atom. The SMILES string of the molecule is O=C(Nc1cncc(-c2ccc3[nH]nc(-c4cc5c(-c6cc(F)cc(OCCN7CCCC7)c6)cncc5[nH]4)c3n2)c1)C1CCCC1. The molecule has 1 amide bonds. The van der Waals surface area contributed by atoms with Gasteiger partial charge in [-0.2, -0.15) is 5.10 Å². The van der Waals surface area contributed by atoms with Gasteiger partial charge in [-0.3, -0.25) is 24.8 Å². The first-order valence-corrected chi connectivity index (χ1v) is 16.3. The second kappa shape index (κ2) is 12.6. The smallest absolute Gasteiger partial charge is 0.227 e. The molecule has 3 N–H and O–H groups in total. The number of likely N-dealkylation sites (tertiary alicyclic amines) is 1. The molecule has 1 saturated heterocycles. The zero-order chi connectivity index (χ0) is 31.7. The van der Waals surface area contributed by atoms with Crippen LogP contribution in [0.2, 0.25) is 0 Å². The van der Waals surface area contributed by atoms with E-state index in [0.717, 1.165) is 78.6 Å². The van der Waals surface area contributed by atoms with Gasteiger partial charge in [0.15, 0.2) is 0 Å². The van der Waals surface area contributed by atoms with Crippen LogP contribution in [0.5, 0.6) is 5.75 Å². The van der Waals surface area contributed by atoms with E-state index >= 15 is 0 Å². The van der Waals surface area contributed by atoms with Gasteiger partial charge in [0.05, 0.1) is 40.5 Å². The molecule has 0 spiro atoms. The normalized spacial score (nSPS) is 15.6. The molecule has 1 aliphatic heterocycles. The van der Waals surface area contributed by atoms with Crippen molar-refractivity contribution in [3.63, 3.8) is 0 Å². The predicted octanol–water partition coefficient (Wildman–Crippen LogP) is 6.97. The molecule has 0 bridgehead atoms. The first-order valence-electron chi connectivity index (χ1n) is 16.3. The van der Waals surface area contributed by atoms with Gasteiger partial charge < -0.3 is 15.0 Å². The average molecular weight is 631 g/mol. The summed E-state index contributed by atoms with van der Waals surface area (Å²) in [5, 5.41) is 11.6. The van der Waals surface area contributed by atoms with E-state index in [0.29, 0.717) is 40.5 Å². The highest BCUT2D eigenvalue weighted by atomic mass is 19.1. The van der Waals surface area contributed by atoms with Crippen LogP contribution in [-0.2, 0) is 4.79 Å². The van der Waals surface area contributed by atoms with Gasteiger partial charge in [-0.05, 0) is 80.7 Å². The fourth-order valence-corrected chi connectivity index (χ4v) is 6.84. The van der Waals surface area contributed by atoms with Gasteiger partial charge in [-0.1, -0.05) is 12.8 Å². The summed E-state index contributed by atoms with van der Waals surface area (Å²) >= 11 is 0. The maximum Gasteiger partial charge on any atom is 0.227 e. The number of pyridine rings is 3. The van der Waals surface area contributed by atoms with Crippen molar-refractivity contribution in [2.24, 2.45) is 5.92 Å². The third-order valence-corrected chi connectivity index (χ3v) is 9.29. The van der Waals surface area contributed by atoms with Gasteiger partial charge in [-0.25, -0.2) is 9.37 Å². The van der Waals surface area contributed by atoms with Crippen molar-refractivity contribution < 1.29 is 13.9 Å². The number of benzene rings is 1. The van der Waals surface area contributed by atoms with Crippen molar-refractivity contribution in [1.82, 2.24) is 35.0 Å². The maximum atomic E-state index is 14.8. The minimum atomic E-state index is -0.363. The minimum absolute atomic E-state index is 0.0502. The van der Waals surface area contributed by atoms with Crippen LogP contribution in [0, 0.1) is 11.7 Å². The molecule has 10 nitrogen and oxygen atoms in total. The number of aromatic amines is 2. The molecule has 6 heterocycles. The minimum Gasteiger partial charge on any atom is -0.492 e. The quantitative estimate of drug-likeness (QED) is 0.158. The Hall–Kier alpha value is -5.16. The Morgan fingerprint density at radius 1 is 0.936 bits per heavy atom. The van der Waals surface area contributed by atoms with E-state index in [-0.39, 0.29) is 17.6 Å². The molecule has 11 heteroatoms. The number of nitrogens with one attached hydrogen (secondary N) is 3. The third-order valence-electron chi connectivity index (χ3n) is 9.29. The van der Waals surface area contributed by atoms with Crippen molar-refractivity contribution in [2.45, 2.75) is 38.5 Å². The van der Waals surface area contributed by atoms with E-state index in [1.807, 2.05) is 30.3 Å². The number of anilines is 1. The summed E-state index contributed by atoms with van der Waals surface area (Å²) in [6.07, 6.45) is 13.4. The molecule has 5 aromatic heterocycles. The van der Waals surface area contributed by atoms with E-state index in [9.17, 15) is 9.18 Å². The molecule has 0 atom stereocenters. The Labute approximate surface area is 270 Å². The van der Waals surface area contributed by atoms with Gasteiger partial charge in [0.1, 0.15) is 29.4 Å². The lowest BCUT2D eigenvalue weighted by atomic mass is 10.0. The molecule has 0 radical (unpaired) electrons. The van der Waals surface area contributed by atoms with E-state index in [1.165, 1.54) is 25.0 Å². The number of rotatable bonds is 9. The molecule has 1 aliphatic carbocycles. The lowest BCUT2D eigenvalue weighted by molar-refractivity contribution is -0.119. The second-order valence-corrected chi connectivity index (χ2v) is 12.5. The topological polar surface area (TPSA) is 125 Å². The van der Waals surface area contributed by atoms with E-state index in [2.05, 4.69) is 35.4 Å². The molecule has 238 valence electrons. The Bertz CT molecular complexity index is 2080. The van der Waals surface area contributed by atoms with Gasteiger partial charge in [-0.15, -0.1) is 0 Å². The average Bonchev–Trinajstić information content (AvgIpc) is 3.91. The number of fused-ring (bicyclic) bond motifs is 2. The van der Waals surface area contributed by atoms with E-state index < -0.39 is 0 Å². The van der Waals surface area contributed by atoms with Crippen molar-refractivity contribution in [3.8, 4) is 39.5 Å². The fraction of sp³-hybridized carbons (Fsp3) is 0.306. The largest absolute Gasteiger partial charge is 0.492 e. The van der Waals surface area contributed by atoms with Gasteiger partial charge in [0, 0.05) is 47.4 Å². The lowest BCUT2D eigenvalue weighted by Crippen LogP contribution is -2.25. The van der Waals surface area contributed by atoms with E-state index in [4.69, 9.17) is 9.72 Å². The Kier molecular flexibility index (Phi) is 7.82. The fourth-order valence-electron chi connectivity index (χ4n) is 6.84. The first kappa shape index (κ1) is 29.3. The Morgan fingerprint density at radius 2 is 1.79 bits per heavy atom. The molecular weight excluding hydrogens is 595 g/mol. The number of halogens is 1. The Balaban J connectivity index is 1.08. The molecule has 1 aromatic carbocycles. The highest BCUT2D eigenvalue weighted by molar-refractivity contribution is 6.00. The highest BCUT2D eigenvalue weighted by Crippen LogP contribution is 2.35. The van der Waals surface area contributed by atoms with Gasteiger partial charge in [0.2, 0.25) is 5.91 Å². The molecule has 8 rings (SSSR count). The summed E-state index contributed by atoms with van der Waals surface area (Å²) in [5.74, 6) is 0.250. The summed E-state index contributed by atoms with van der Waals surface area (Å²) in [7, 11) is 0. The van der Waals surface area contributed by atoms with Crippen molar-refractivity contribution >= 4 is 33.5 Å². The number of H-pyrrole nitrogens is 2. The number of hydrogen-bond donors (Lipinski definition) is 3. The summed E-state index contributed by atoms with van der Waals surface area (Å²) in [6, 6.07) is 12.5. The lowest BCUT2D eigenvalue weighted by Gasteiger charge is -2.15. The first-order chi connectivity index (χ1) is 23.1. The summed E-state index contributed by atoms with van der Waals surface area (Å²) in [6.45, 7) is 3.52. The highest BCUT2D eigenvalue weighted by Gasteiger charge is 2.23. The maximum absolute atomic E-state index is 14.8. The van der Waals surface area contributed by atoms with Crippen molar-refractivity contribution in [2.75, 3.05) is 31.6 Å². The summed E-state index contributed by atoms with van der Waals surface area (Å²) < 4.78 is 20.8. The number of carbonyl (C=O) groups excluding carboxylic acids is 1. The van der Waals surface area contributed by atoms with Crippen molar-refractivity contribution in [1.29, 1.82) is 0 Å². The van der Waals surface area contributed by atoms with Crippen LogP contribution < -0.4 is 10.1 Å². The van der Waals surface area contributed by atoms with Crippen LogP contribution in [0.15, 0.2) is 67.3 Å². The van der Waals surface area contributed by atoms with E-state index in [1.54, 1.807) is 24.8 Å². The molecule has 47 heavy (non-hydrogen) atoms. The molecule has 1 saturated carbocycles.